The summed E-state index contributed by atoms with van der Waals surface area (Å²) >= 11 is 1.42. The van der Waals surface area contributed by atoms with Crippen LogP contribution in [-0.4, -0.2) is 19.0 Å². The highest BCUT2D eigenvalue weighted by atomic mass is 32.1. The highest BCUT2D eigenvalue weighted by Crippen LogP contribution is 2.28. The van der Waals surface area contributed by atoms with Gasteiger partial charge in [0.25, 0.3) is 5.91 Å². The average molecular weight is 290 g/mol. The van der Waals surface area contributed by atoms with Gasteiger partial charge < -0.3 is 11.1 Å². The molecule has 3 N–H and O–H groups in total. The van der Waals surface area contributed by atoms with E-state index in [0.717, 1.165) is 28.6 Å². The lowest BCUT2D eigenvalue weighted by Crippen LogP contribution is -2.23. The Balaban J connectivity index is 1.69. The Morgan fingerprint density at radius 2 is 2.20 bits per heavy atom. The summed E-state index contributed by atoms with van der Waals surface area (Å²) in [4.78, 5) is 13.6. The van der Waals surface area contributed by atoms with Crippen molar-refractivity contribution >= 4 is 17.2 Å². The van der Waals surface area contributed by atoms with Crippen molar-refractivity contribution < 1.29 is 4.79 Å². The Morgan fingerprint density at radius 1 is 1.40 bits per heavy atom. The highest BCUT2D eigenvalue weighted by Gasteiger charge is 2.14. The normalized spacial score (nSPS) is 14.8. The van der Waals surface area contributed by atoms with E-state index >= 15 is 0 Å². The number of thiophene rings is 1. The number of nitrogens with one attached hydrogen (secondary N) is 1. The van der Waals surface area contributed by atoms with Crippen molar-refractivity contribution in [2.75, 3.05) is 13.1 Å². The Kier molecular flexibility index (Phi) is 6.10. The van der Waals surface area contributed by atoms with Crippen LogP contribution in [0.15, 0.2) is 12.1 Å². The summed E-state index contributed by atoms with van der Waals surface area (Å²) in [7, 11) is 0. The van der Waals surface area contributed by atoms with Gasteiger partial charge in [0.1, 0.15) is 0 Å². The summed E-state index contributed by atoms with van der Waals surface area (Å²) in [6, 6.07) is 3.71. The molecule has 4 heteroatoms. The molecule has 1 aromatic heterocycles. The molecule has 0 radical (unpaired) electrons. The minimum atomic E-state index is 0.0159. The van der Waals surface area contributed by atoms with Crippen molar-refractivity contribution in [2.45, 2.75) is 38.5 Å². The summed E-state index contributed by atoms with van der Waals surface area (Å²) in [5.41, 5.74) is 5.33. The van der Waals surface area contributed by atoms with E-state index in [1.54, 1.807) is 0 Å². The van der Waals surface area contributed by atoms with E-state index in [-0.39, 0.29) is 5.91 Å². The number of nitrogens with two attached hydrogens (primary N) is 1. The molecule has 1 aromatic rings. The summed E-state index contributed by atoms with van der Waals surface area (Å²) in [5, 5.41) is 2.99. The van der Waals surface area contributed by atoms with Crippen LogP contribution in [0.25, 0.3) is 0 Å². The van der Waals surface area contributed by atoms with E-state index in [2.05, 4.69) is 17.2 Å². The standard InChI is InChI=1S/C16H22N2OS/c17-11-3-8-14-9-10-15(20-14)16(19)18-12-4-7-13-5-1-2-6-13/h9-10,13H,1-2,4-7,11-12,17H2,(H,18,19). The fraction of sp³-hybridized carbons (Fsp3) is 0.562. The number of amides is 1. The number of carbonyl (C=O) groups excluding carboxylic acids is 1. The summed E-state index contributed by atoms with van der Waals surface area (Å²) in [5.74, 6) is 6.66. The quantitative estimate of drug-likeness (QED) is 0.647. The fourth-order valence-electron chi connectivity index (χ4n) is 2.64. The maximum Gasteiger partial charge on any atom is 0.261 e. The molecule has 1 fully saturated rings. The van der Waals surface area contributed by atoms with Gasteiger partial charge in [0, 0.05) is 6.54 Å². The maximum atomic E-state index is 12.0. The first kappa shape index (κ1) is 15.1. The van der Waals surface area contributed by atoms with E-state index in [1.165, 1.54) is 43.4 Å². The second-order valence-corrected chi connectivity index (χ2v) is 6.30. The van der Waals surface area contributed by atoms with Gasteiger partial charge in [-0.05, 0) is 30.9 Å². The van der Waals surface area contributed by atoms with Crippen molar-refractivity contribution in [2.24, 2.45) is 11.7 Å². The Hall–Kier alpha value is -1.31. The molecule has 108 valence electrons. The SMILES string of the molecule is NCC#Cc1ccc(C(=O)NCCCC2CCCC2)s1. The smallest absolute Gasteiger partial charge is 0.261 e. The first-order valence-electron chi connectivity index (χ1n) is 7.36. The number of hydrogen-bond acceptors (Lipinski definition) is 3. The van der Waals surface area contributed by atoms with Gasteiger partial charge in [0.05, 0.1) is 16.3 Å². The first-order valence-corrected chi connectivity index (χ1v) is 8.18. The topological polar surface area (TPSA) is 55.1 Å². The van der Waals surface area contributed by atoms with Gasteiger partial charge in [-0.3, -0.25) is 4.79 Å². The Bertz CT molecular complexity index is 492. The van der Waals surface area contributed by atoms with Crippen molar-refractivity contribution in [3.8, 4) is 11.8 Å². The second-order valence-electron chi connectivity index (χ2n) is 5.22. The molecule has 1 amide bonds. The lowest BCUT2D eigenvalue weighted by Gasteiger charge is -2.08. The number of carbonyl (C=O) groups is 1. The molecule has 1 aliphatic rings. The highest BCUT2D eigenvalue weighted by molar-refractivity contribution is 7.14. The van der Waals surface area contributed by atoms with Crippen LogP contribution >= 0.6 is 11.3 Å². The largest absolute Gasteiger partial charge is 0.351 e. The zero-order valence-corrected chi connectivity index (χ0v) is 12.6. The van der Waals surface area contributed by atoms with Crippen LogP contribution in [0.1, 0.15) is 53.1 Å². The van der Waals surface area contributed by atoms with Gasteiger partial charge in [-0.2, -0.15) is 0 Å². The summed E-state index contributed by atoms with van der Waals surface area (Å²) in [6.07, 6.45) is 7.86. The summed E-state index contributed by atoms with van der Waals surface area (Å²) < 4.78 is 0. The van der Waals surface area contributed by atoms with E-state index in [4.69, 9.17) is 5.73 Å². The van der Waals surface area contributed by atoms with Crippen LogP contribution in [-0.2, 0) is 0 Å². The van der Waals surface area contributed by atoms with Gasteiger partial charge in [0.15, 0.2) is 0 Å². The lowest BCUT2D eigenvalue weighted by atomic mass is 10.0. The van der Waals surface area contributed by atoms with Crippen LogP contribution in [0.2, 0.25) is 0 Å². The van der Waals surface area contributed by atoms with Crippen LogP contribution in [0.3, 0.4) is 0 Å². The summed E-state index contributed by atoms with van der Waals surface area (Å²) in [6.45, 7) is 1.12. The maximum absolute atomic E-state index is 12.0. The van der Waals surface area contributed by atoms with Crippen molar-refractivity contribution in [3.05, 3.63) is 21.9 Å². The van der Waals surface area contributed by atoms with Gasteiger partial charge >= 0.3 is 0 Å². The third-order valence-corrected chi connectivity index (χ3v) is 4.69. The van der Waals surface area contributed by atoms with Crippen LogP contribution in [0, 0.1) is 17.8 Å². The van der Waals surface area contributed by atoms with E-state index < -0.39 is 0 Å². The number of hydrogen-bond donors (Lipinski definition) is 2. The predicted octanol–water partition coefficient (Wildman–Crippen LogP) is 2.76. The van der Waals surface area contributed by atoms with Crippen molar-refractivity contribution in [3.63, 3.8) is 0 Å². The van der Waals surface area contributed by atoms with Crippen LogP contribution < -0.4 is 11.1 Å². The molecule has 1 aliphatic carbocycles. The predicted molar refractivity (Wildman–Crippen MR) is 83.8 cm³/mol. The van der Waals surface area contributed by atoms with Crippen molar-refractivity contribution in [1.82, 2.24) is 5.32 Å². The molecule has 20 heavy (non-hydrogen) atoms. The number of rotatable bonds is 5. The van der Waals surface area contributed by atoms with E-state index in [9.17, 15) is 4.79 Å². The molecule has 0 aliphatic heterocycles. The monoisotopic (exact) mass is 290 g/mol. The van der Waals surface area contributed by atoms with Gasteiger partial charge in [-0.15, -0.1) is 11.3 Å². The van der Waals surface area contributed by atoms with Gasteiger partial charge in [-0.1, -0.05) is 37.5 Å². The Labute approximate surface area is 124 Å². The van der Waals surface area contributed by atoms with E-state index in [0.29, 0.717) is 6.54 Å². The van der Waals surface area contributed by atoms with Gasteiger partial charge in [0.2, 0.25) is 0 Å². The molecule has 0 bridgehead atoms. The molecule has 0 aromatic carbocycles. The van der Waals surface area contributed by atoms with Crippen LogP contribution in [0.5, 0.6) is 0 Å². The van der Waals surface area contributed by atoms with Gasteiger partial charge in [-0.25, -0.2) is 0 Å². The fourth-order valence-corrected chi connectivity index (χ4v) is 3.44. The molecule has 0 unspecified atom stereocenters. The molecule has 1 heterocycles. The minimum absolute atomic E-state index is 0.0159. The molecule has 0 spiro atoms. The zero-order chi connectivity index (χ0) is 14.2. The lowest BCUT2D eigenvalue weighted by molar-refractivity contribution is 0.0956. The molecule has 0 saturated heterocycles. The molecule has 3 nitrogen and oxygen atoms in total. The minimum Gasteiger partial charge on any atom is -0.351 e. The molecular formula is C16H22N2OS. The third kappa shape index (κ3) is 4.66. The van der Waals surface area contributed by atoms with Crippen LogP contribution in [0.4, 0.5) is 0 Å². The first-order chi connectivity index (χ1) is 9.79. The molecule has 1 saturated carbocycles. The zero-order valence-electron chi connectivity index (χ0n) is 11.8. The molecule has 0 atom stereocenters. The third-order valence-electron chi connectivity index (χ3n) is 3.69. The molecular weight excluding hydrogens is 268 g/mol. The van der Waals surface area contributed by atoms with Crippen molar-refractivity contribution in [1.29, 1.82) is 0 Å². The van der Waals surface area contributed by atoms with E-state index in [1.807, 2.05) is 12.1 Å². The second kappa shape index (κ2) is 8.08. The molecule has 2 rings (SSSR count). The average Bonchev–Trinajstić information content (AvgIpc) is 3.12. The Morgan fingerprint density at radius 3 is 2.95 bits per heavy atom.